The van der Waals surface area contributed by atoms with E-state index in [-0.39, 0.29) is 0 Å². The smallest absolute Gasteiger partial charge is 0.191 e. The van der Waals surface area contributed by atoms with E-state index in [0.29, 0.717) is 0 Å². The predicted molar refractivity (Wildman–Crippen MR) is 122 cm³/mol. The van der Waals surface area contributed by atoms with Crippen LogP contribution in [0.2, 0.25) is 0 Å². The lowest BCUT2D eigenvalue weighted by molar-refractivity contribution is 0.274. The van der Waals surface area contributed by atoms with Crippen LogP contribution < -0.4 is 10.6 Å². The third kappa shape index (κ3) is 7.96. The first kappa shape index (κ1) is 22.1. The number of likely N-dealkylation sites (N-methyl/N-ethyl adjacent to an activating group) is 1. The molecule has 0 saturated carbocycles. The van der Waals surface area contributed by atoms with Crippen LogP contribution in [0.15, 0.2) is 29.3 Å². The maximum absolute atomic E-state index is 4.37. The first-order valence-corrected chi connectivity index (χ1v) is 11.4. The van der Waals surface area contributed by atoms with E-state index < -0.39 is 0 Å². The number of likely N-dealkylation sites (tertiary alicyclic amines) is 1. The summed E-state index contributed by atoms with van der Waals surface area (Å²) in [6, 6.07) is 9.01. The van der Waals surface area contributed by atoms with Gasteiger partial charge in [0.05, 0.1) is 0 Å². The molecule has 0 aromatic heterocycles. The molecule has 0 radical (unpaired) electrons. The summed E-state index contributed by atoms with van der Waals surface area (Å²) in [5.41, 5.74) is 2.71. The number of rotatable bonds is 8. The molecule has 3 rings (SSSR count). The summed E-state index contributed by atoms with van der Waals surface area (Å²) in [5.74, 6) is 0.891. The highest BCUT2D eigenvalue weighted by molar-refractivity contribution is 5.79. The highest BCUT2D eigenvalue weighted by Gasteiger charge is 2.12. The van der Waals surface area contributed by atoms with Gasteiger partial charge < -0.3 is 20.4 Å². The first-order chi connectivity index (χ1) is 14.2. The summed E-state index contributed by atoms with van der Waals surface area (Å²) >= 11 is 0. The number of nitrogens with zero attached hydrogens (tertiary/aromatic N) is 4. The molecule has 1 aromatic carbocycles. The van der Waals surface area contributed by atoms with Crippen molar-refractivity contribution in [2.75, 3.05) is 66.5 Å². The second-order valence-corrected chi connectivity index (χ2v) is 8.50. The van der Waals surface area contributed by atoms with Crippen LogP contribution in [-0.4, -0.2) is 87.1 Å². The first-order valence-electron chi connectivity index (χ1n) is 11.4. The molecular weight excluding hydrogens is 360 g/mol. The van der Waals surface area contributed by atoms with Gasteiger partial charge in [-0.2, -0.15) is 0 Å². The molecule has 1 aromatic rings. The zero-order valence-electron chi connectivity index (χ0n) is 18.5. The third-order valence-electron chi connectivity index (χ3n) is 6.07. The van der Waals surface area contributed by atoms with Gasteiger partial charge in [-0.05, 0) is 76.6 Å². The molecule has 162 valence electrons. The second kappa shape index (κ2) is 12.2. The Morgan fingerprint density at radius 3 is 2.34 bits per heavy atom. The lowest BCUT2D eigenvalue weighted by atomic mass is 10.1. The van der Waals surface area contributed by atoms with Crippen molar-refractivity contribution >= 4 is 5.96 Å². The average Bonchev–Trinajstić information content (AvgIpc) is 3.16. The average molecular weight is 401 g/mol. The van der Waals surface area contributed by atoms with E-state index in [1.807, 2.05) is 7.05 Å². The van der Waals surface area contributed by atoms with Gasteiger partial charge in [0.25, 0.3) is 0 Å². The van der Waals surface area contributed by atoms with Crippen molar-refractivity contribution in [3.63, 3.8) is 0 Å². The van der Waals surface area contributed by atoms with Gasteiger partial charge in [0.2, 0.25) is 0 Å². The minimum Gasteiger partial charge on any atom is -0.356 e. The summed E-state index contributed by atoms with van der Waals surface area (Å²) in [6.07, 6.45) is 5.13. The monoisotopic (exact) mass is 400 g/mol. The molecule has 2 fully saturated rings. The van der Waals surface area contributed by atoms with Crippen LogP contribution in [0.3, 0.4) is 0 Å². The number of benzene rings is 1. The molecule has 29 heavy (non-hydrogen) atoms. The molecule has 6 nitrogen and oxygen atoms in total. The topological polar surface area (TPSA) is 46.1 Å². The van der Waals surface area contributed by atoms with Crippen LogP contribution in [0.5, 0.6) is 0 Å². The van der Waals surface area contributed by atoms with E-state index in [1.54, 1.807) is 0 Å². The molecule has 0 spiro atoms. The van der Waals surface area contributed by atoms with Crippen LogP contribution in [-0.2, 0) is 13.1 Å². The number of hydrogen-bond acceptors (Lipinski definition) is 4. The van der Waals surface area contributed by atoms with Gasteiger partial charge >= 0.3 is 0 Å². The van der Waals surface area contributed by atoms with Crippen molar-refractivity contribution in [1.29, 1.82) is 0 Å². The minimum absolute atomic E-state index is 0.808. The van der Waals surface area contributed by atoms with Crippen LogP contribution in [0, 0.1) is 0 Å². The number of guanidine groups is 1. The van der Waals surface area contributed by atoms with Crippen LogP contribution >= 0.6 is 0 Å². The van der Waals surface area contributed by atoms with E-state index in [9.17, 15) is 0 Å². The molecule has 6 heteroatoms. The fourth-order valence-electron chi connectivity index (χ4n) is 4.20. The van der Waals surface area contributed by atoms with Crippen molar-refractivity contribution in [1.82, 2.24) is 25.3 Å². The molecule has 0 atom stereocenters. The highest BCUT2D eigenvalue weighted by atomic mass is 15.2. The van der Waals surface area contributed by atoms with E-state index in [1.165, 1.54) is 69.7 Å². The molecule has 2 saturated heterocycles. The zero-order valence-corrected chi connectivity index (χ0v) is 18.5. The molecule has 0 amide bonds. The maximum atomic E-state index is 4.37. The number of nitrogens with one attached hydrogen (secondary N) is 2. The molecule has 2 N–H and O–H groups in total. The van der Waals surface area contributed by atoms with Crippen LogP contribution in [0.25, 0.3) is 0 Å². The Labute approximate surface area is 177 Å². The molecule has 2 heterocycles. The predicted octanol–water partition coefficient (Wildman–Crippen LogP) is 1.98. The number of hydrogen-bond donors (Lipinski definition) is 2. The van der Waals surface area contributed by atoms with Gasteiger partial charge in [0.1, 0.15) is 0 Å². The van der Waals surface area contributed by atoms with Gasteiger partial charge in [0.15, 0.2) is 5.96 Å². The van der Waals surface area contributed by atoms with E-state index in [0.717, 1.165) is 38.6 Å². The molecule has 2 aliphatic rings. The summed E-state index contributed by atoms with van der Waals surface area (Å²) in [5, 5.41) is 6.90. The van der Waals surface area contributed by atoms with Crippen LogP contribution in [0.4, 0.5) is 0 Å². The Hall–Kier alpha value is -1.63. The highest BCUT2D eigenvalue weighted by Crippen LogP contribution is 2.13. The lowest BCUT2D eigenvalue weighted by Gasteiger charge is -2.20. The Bertz CT molecular complexity index is 608. The van der Waals surface area contributed by atoms with Crippen LogP contribution in [0.1, 0.15) is 36.8 Å². The van der Waals surface area contributed by atoms with Gasteiger partial charge in [-0.1, -0.05) is 24.3 Å². The largest absolute Gasteiger partial charge is 0.356 e. The Morgan fingerprint density at radius 1 is 0.862 bits per heavy atom. The van der Waals surface area contributed by atoms with Crippen molar-refractivity contribution < 1.29 is 0 Å². The quantitative estimate of drug-likeness (QED) is 0.397. The Balaban J connectivity index is 1.31. The molecule has 0 unspecified atom stereocenters. The standard InChI is InChI=1S/C23H40N6/c1-24-23(25-11-5-15-28-16-6-12-27(2)17-18-28)26-19-21-7-9-22(10-8-21)20-29-13-3-4-14-29/h7-10H,3-6,11-20H2,1-2H3,(H2,24,25,26). The van der Waals surface area contributed by atoms with Crippen molar-refractivity contribution in [3.8, 4) is 0 Å². The van der Waals surface area contributed by atoms with Gasteiger partial charge in [-0.15, -0.1) is 0 Å². The van der Waals surface area contributed by atoms with E-state index in [2.05, 4.69) is 61.6 Å². The molecule has 0 aliphatic carbocycles. The van der Waals surface area contributed by atoms with Crippen molar-refractivity contribution in [3.05, 3.63) is 35.4 Å². The fraction of sp³-hybridized carbons (Fsp3) is 0.696. The minimum atomic E-state index is 0.808. The van der Waals surface area contributed by atoms with Gasteiger partial charge in [-0.25, -0.2) is 0 Å². The fourth-order valence-corrected chi connectivity index (χ4v) is 4.20. The SMILES string of the molecule is CN=C(NCCCN1CCCN(C)CC1)NCc1ccc(CN2CCCC2)cc1. The molecular formula is C23H40N6. The number of aliphatic imine (C=N–C) groups is 1. The van der Waals surface area contributed by atoms with Crippen molar-refractivity contribution in [2.45, 2.75) is 38.8 Å². The third-order valence-corrected chi connectivity index (χ3v) is 6.07. The van der Waals surface area contributed by atoms with Gasteiger partial charge in [-0.3, -0.25) is 9.89 Å². The summed E-state index contributed by atoms with van der Waals surface area (Å²) in [6.45, 7) is 11.4. The Morgan fingerprint density at radius 2 is 1.59 bits per heavy atom. The maximum Gasteiger partial charge on any atom is 0.191 e. The van der Waals surface area contributed by atoms with E-state index in [4.69, 9.17) is 0 Å². The van der Waals surface area contributed by atoms with E-state index >= 15 is 0 Å². The second-order valence-electron chi connectivity index (χ2n) is 8.50. The summed E-state index contributed by atoms with van der Waals surface area (Å²) in [7, 11) is 4.07. The van der Waals surface area contributed by atoms with Gasteiger partial charge in [0, 0.05) is 39.8 Å². The molecule has 0 bridgehead atoms. The zero-order chi connectivity index (χ0) is 20.3. The molecule has 2 aliphatic heterocycles. The lowest BCUT2D eigenvalue weighted by Crippen LogP contribution is -2.38. The summed E-state index contributed by atoms with van der Waals surface area (Å²) in [4.78, 5) is 11.9. The Kier molecular flexibility index (Phi) is 9.25. The van der Waals surface area contributed by atoms with Crippen molar-refractivity contribution in [2.24, 2.45) is 4.99 Å². The summed E-state index contributed by atoms with van der Waals surface area (Å²) < 4.78 is 0. The normalized spacial score (nSPS) is 20.0.